The van der Waals surface area contributed by atoms with Gasteiger partial charge in [-0.05, 0) is 23.8 Å². The molecule has 1 aromatic heterocycles. The normalized spacial score (nSPS) is 10.2. The maximum Gasteiger partial charge on any atom is 0.254 e. The van der Waals surface area contributed by atoms with Crippen LogP contribution in [-0.4, -0.2) is 29.5 Å². The molecule has 5 nitrogen and oxygen atoms in total. The molecule has 0 unspecified atom stereocenters. The van der Waals surface area contributed by atoms with Crippen molar-refractivity contribution in [3.05, 3.63) is 64.1 Å². The van der Waals surface area contributed by atoms with E-state index in [1.165, 1.54) is 10.6 Å². The van der Waals surface area contributed by atoms with Crippen LogP contribution in [0.2, 0.25) is 0 Å². The highest BCUT2D eigenvalue weighted by molar-refractivity contribution is 5.93. The lowest BCUT2D eigenvalue weighted by Crippen LogP contribution is -2.28. The Labute approximate surface area is 123 Å². The molecule has 1 amide bonds. The third kappa shape index (κ3) is 3.51. The van der Waals surface area contributed by atoms with E-state index in [0.29, 0.717) is 12.1 Å². The quantitative estimate of drug-likeness (QED) is 0.859. The number of hydrogen-bond donors (Lipinski definition) is 0. The molecular formula is C16H18N2O3. The maximum atomic E-state index is 12.3. The van der Waals surface area contributed by atoms with Gasteiger partial charge in [-0.3, -0.25) is 9.59 Å². The molecule has 0 radical (unpaired) electrons. The average Bonchev–Trinajstić information content (AvgIpc) is 2.50. The van der Waals surface area contributed by atoms with Gasteiger partial charge in [0.25, 0.3) is 11.5 Å². The van der Waals surface area contributed by atoms with Crippen LogP contribution in [0, 0.1) is 0 Å². The van der Waals surface area contributed by atoms with Gasteiger partial charge in [-0.2, -0.15) is 0 Å². The zero-order valence-corrected chi connectivity index (χ0v) is 12.4. The van der Waals surface area contributed by atoms with Gasteiger partial charge >= 0.3 is 0 Å². The first kappa shape index (κ1) is 14.8. The van der Waals surface area contributed by atoms with E-state index in [0.717, 1.165) is 11.3 Å². The number of ether oxygens (including phenoxy) is 1. The van der Waals surface area contributed by atoms with Gasteiger partial charge in [0.1, 0.15) is 5.75 Å². The molecule has 0 aliphatic heterocycles. The second-order valence-corrected chi connectivity index (χ2v) is 4.87. The summed E-state index contributed by atoms with van der Waals surface area (Å²) in [5.74, 6) is 0.600. The number of nitrogens with zero attached hydrogens (tertiary/aromatic N) is 2. The van der Waals surface area contributed by atoms with E-state index in [9.17, 15) is 9.59 Å². The highest BCUT2D eigenvalue weighted by Gasteiger charge is 2.12. The second-order valence-electron chi connectivity index (χ2n) is 4.87. The second kappa shape index (κ2) is 6.26. The summed E-state index contributed by atoms with van der Waals surface area (Å²) in [6, 6.07) is 10.5. The Kier molecular flexibility index (Phi) is 4.42. The molecule has 0 aliphatic carbocycles. The van der Waals surface area contributed by atoms with Crippen LogP contribution in [0.15, 0.2) is 47.4 Å². The third-order valence-corrected chi connectivity index (χ3v) is 3.28. The Morgan fingerprint density at radius 3 is 2.48 bits per heavy atom. The van der Waals surface area contributed by atoms with E-state index in [2.05, 4.69) is 0 Å². The summed E-state index contributed by atoms with van der Waals surface area (Å²) in [5, 5.41) is 0. The van der Waals surface area contributed by atoms with Crippen LogP contribution < -0.4 is 10.3 Å². The number of carbonyl (C=O) groups excluding carboxylic acids is 1. The summed E-state index contributed by atoms with van der Waals surface area (Å²) in [5.41, 5.74) is 1.20. The standard InChI is InChI=1S/C16H18N2O3/c1-17-9-8-13(10-15(17)19)16(20)18(2)11-12-4-6-14(21-3)7-5-12/h4-10H,11H2,1-3H3. The molecule has 0 spiro atoms. The lowest BCUT2D eigenvalue weighted by atomic mass is 10.2. The lowest BCUT2D eigenvalue weighted by molar-refractivity contribution is 0.0785. The van der Waals surface area contributed by atoms with Crippen molar-refractivity contribution >= 4 is 5.91 Å². The van der Waals surface area contributed by atoms with Crippen molar-refractivity contribution in [3.63, 3.8) is 0 Å². The van der Waals surface area contributed by atoms with Gasteiger partial charge < -0.3 is 14.2 Å². The number of aromatic nitrogens is 1. The van der Waals surface area contributed by atoms with E-state index in [1.807, 2.05) is 24.3 Å². The van der Waals surface area contributed by atoms with Gasteiger partial charge in [-0.25, -0.2) is 0 Å². The van der Waals surface area contributed by atoms with Crippen molar-refractivity contribution in [2.45, 2.75) is 6.54 Å². The smallest absolute Gasteiger partial charge is 0.254 e. The van der Waals surface area contributed by atoms with Crippen LogP contribution in [0.1, 0.15) is 15.9 Å². The number of amides is 1. The molecule has 1 heterocycles. The fourth-order valence-corrected chi connectivity index (χ4v) is 1.98. The van der Waals surface area contributed by atoms with Gasteiger partial charge in [0, 0.05) is 38.5 Å². The minimum absolute atomic E-state index is 0.177. The summed E-state index contributed by atoms with van der Waals surface area (Å²) in [6.07, 6.45) is 1.59. The summed E-state index contributed by atoms with van der Waals surface area (Å²) in [7, 11) is 4.97. The van der Waals surface area contributed by atoms with Crippen LogP contribution in [-0.2, 0) is 13.6 Å². The van der Waals surface area contributed by atoms with E-state index in [-0.39, 0.29) is 11.5 Å². The predicted octanol–water partition coefficient (Wildman–Crippen LogP) is 1.67. The highest BCUT2D eigenvalue weighted by atomic mass is 16.5. The van der Waals surface area contributed by atoms with E-state index in [4.69, 9.17) is 4.74 Å². The lowest BCUT2D eigenvalue weighted by Gasteiger charge is -2.17. The van der Waals surface area contributed by atoms with Gasteiger partial charge in [-0.1, -0.05) is 12.1 Å². The zero-order valence-electron chi connectivity index (χ0n) is 12.4. The van der Waals surface area contributed by atoms with Crippen LogP contribution in [0.3, 0.4) is 0 Å². The minimum atomic E-state index is -0.196. The van der Waals surface area contributed by atoms with Gasteiger partial charge in [-0.15, -0.1) is 0 Å². The van der Waals surface area contributed by atoms with Crippen molar-refractivity contribution in [1.29, 1.82) is 0 Å². The van der Waals surface area contributed by atoms with Crippen LogP contribution >= 0.6 is 0 Å². The van der Waals surface area contributed by atoms with Crippen LogP contribution in [0.4, 0.5) is 0 Å². The summed E-state index contributed by atoms with van der Waals surface area (Å²) in [4.78, 5) is 25.4. The van der Waals surface area contributed by atoms with E-state index >= 15 is 0 Å². The number of hydrogen-bond acceptors (Lipinski definition) is 3. The fraction of sp³-hybridized carbons (Fsp3) is 0.250. The van der Waals surface area contributed by atoms with Crippen molar-refractivity contribution in [1.82, 2.24) is 9.47 Å². The highest BCUT2D eigenvalue weighted by Crippen LogP contribution is 2.13. The first-order chi connectivity index (χ1) is 10.0. The number of aryl methyl sites for hydroxylation is 1. The monoisotopic (exact) mass is 286 g/mol. The van der Waals surface area contributed by atoms with Gasteiger partial charge in [0.05, 0.1) is 7.11 Å². The molecular weight excluding hydrogens is 268 g/mol. The third-order valence-electron chi connectivity index (χ3n) is 3.28. The van der Waals surface area contributed by atoms with Gasteiger partial charge in [0.15, 0.2) is 0 Å². The maximum absolute atomic E-state index is 12.3. The largest absolute Gasteiger partial charge is 0.497 e. The molecule has 2 rings (SSSR count). The number of rotatable bonds is 4. The molecule has 5 heteroatoms. The van der Waals surface area contributed by atoms with Crippen LogP contribution in [0.5, 0.6) is 5.75 Å². The molecule has 0 fully saturated rings. The SMILES string of the molecule is COc1ccc(CN(C)C(=O)c2ccn(C)c(=O)c2)cc1. The van der Waals surface area contributed by atoms with Crippen molar-refractivity contribution in [3.8, 4) is 5.75 Å². The molecule has 1 aromatic carbocycles. The predicted molar refractivity (Wildman–Crippen MR) is 80.5 cm³/mol. The van der Waals surface area contributed by atoms with E-state index < -0.39 is 0 Å². The topological polar surface area (TPSA) is 51.5 Å². The van der Waals surface area contributed by atoms with Crippen molar-refractivity contribution in [2.24, 2.45) is 7.05 Å². The molecule has 0 aliphatic rings. The fourth-order valence-electron chi connectivity index (χ4n) is 1.98. The van der Waals surface area contributed by atoms with Gasteiger partial charge in [0.2, 0.25) is 0 Å². The van der Waals surface area contributed by atoms with Crippen molar-refractivity contribution in [2.75, 3.05) is 14.2 Å². The Morgan fingerprint density at radius 2 is 1.90 bits per heavy atom. The first-order valence-electron chi connectivity index (χ1n) is 6.56. The number of pyridine rings is 1. The Balaban J connectivity index is 2.11. The molecule has 0 N–H and O–H groups in total. The number of carbonyl (C=O) groups is 1. The zero-order chi connectivity index (χ0) is 15.4. The molecule has 21 heavy (non-hydrogen) atoms. The molecule has 0 bridgehead atoms. The Morgan fingerprint density at radius 1 is 1.24 bits per heavy atom. The minimum Gasteiger partial charge on any atom is -0.497 e. The molecule has 110 valence electrons. The summed E-state index contributed by atoms with van der Waals surface area (Å²) < 4.78 is 6.53. The number of methoxy groups -OCH3 is 1. The summed E-state index contributed by atoms with van der Waals surface area (Å²) >= 11 is 0. The Hall–Kier alpha value is -2.56. The van der Waals surface area contributed by atoms with Crippen LogP contribution in [0.25, 0.3) is 0 Å². The van der Waals surface area contributed by atoms with Crippen molar-refractivity contribution < 1.29 is 9.53 Å². The van der Waals surface area contributed by atoms with E-state index in [1.54, 1.807) is 38.4 Å². The summed E-state index contributed by atoms with van der Waals surface area (Å²) in [6.45, 7) is 0.470. The molecule has 0 saturated heterocycles. The molecule has 0 saturated carbocycles. The molecule has 2 aromatic rings. The molecule has 0 atom stereocenters. The average molecular weight is 286 g/mol. The first-order valence-corrected chi connectivity index (χ1v) is 6.56. The Bertz CT molecular complexity index is 689. The number of benzene rings is 1.